The number of cyclic esters (lactones) is 1. The van der Waals surface area contributed by atoms with Crippen LogP contribution in [0.5, 0.6) is 5.75 Å². The number of fused-ring (bicyclic) bond motifs is 1. The first kappa shape index (κ1) is 34.6. The lowest BCUT2D eigenvalue weighted by Gasteiger charge is -2.45. The second-order valence-electron chi connectivity index (χ2n) is 10.9. The number of carbonyl (C=O) groups is 3. The minimum Gasteiger partial charge on any atom is -0.490 e. The lowest BCUT2D eigenvalue weighted by atomic mass is 9.97. The number of rotatable bonds is 14. The Balaban J connectivity index is 1.18. The fourth-order valence-corrected chi connectivity index (χ4v) is 6.73. The Bertz CT molecular complexity index is 1690. The molecule has 2 atom stereocenters. The van der Waals surface area contributed by atoms with Crippen molar-refractivity contribution < 1.29 is 41.7 Å². The van der Waals surface area contributed by atoms with Gasteiger partial charge in [-0.1, -0.05) is 11.2 Å². The molecule has 2 aromatic rings. The van der Waals surface area contributed by atoms with Crippen molar-refractivity contribution in [2.45, 2.75) is 31.5 Å². The van der Waals surface area contributed by atoms with Gasteiger partial charge in [0.25, 0.3) is 11.8 Å². The molecule has 0 radical (unpaired) electrons. The van der Waals surface area contributed by atoms with Crippen LogP contribution in [0.15, 0.2) is 28.7 Å². The van der Waals surface area contributed by atoms with Gasteiger partial charge in [-0.05, 0) is 42.6 Å². The molecular weight excluding hydrogens is 672 g/mol. The summed E-state index contributed by atoms with van der Waals surface area (Å²) >= 11 is 1.03. The van der Waals surface area contributed by atoms with E-state index in [0.29, 0.717) is 37.9 Å². The summed E-state index contributed by atoms with van der Waals surface area (Å²) < 4.78 is 44.1. The first-order valence-corrected chi connectivity index (χ1v) is 17.2. The fraction of sp³-hybridized carbons (Fsp3) is 0.481. The van der Waals surface area contributed by atoms with Gasteiger partial charge in [0.05, 0.1) is 12.6 Å². The molecular formula is C27H36N10O9S2. The zero-order valence-corrected chi connectivity index (χ0v) is 27.3. The molecule has 19 nitrogen and oxygen atoms in total. The lowest BCUT2D eigenvalue weighted by Crippen LogP contribution is -2.74. The fourth-order valence-electron chi connectivity index (χ4n) is 5.31. The van der Waals surface area contributed by atoms with Gasteiger partial charge in [0.1, 0.15) is 30.7 Å². The summed E-state index contributed by atoms with van der Waals surface area (Å²) in [5.41, 5.74) is 13.2. The highest BCUT2D eigenvalue weighted by molar-refractivity contribution is 7.84. The Morgan fingerprint density at radius 1 is 1.25 bits per heavy atom. The average Bonchev–Trinajstić information content (AvgIpc) is 3.67. The van der Waals surface area contributed by atoms with Crippen LogP contribution in [0.3, 0.4) is 0 Å². The Morgan fingerprint density at radius 3 is 2.75 bits per heavy atom. The van der Waals surface area contributed by atoms with Crippen molar-refractivity contribution in [1.29, 1.82) is 5.41 Å². The maximum atomic E-state index is 13.3. The summed E-state index contributed by atoms with van der Waals surface area (Å²) in [4.78, 5) is 50.5. The third-order valence-electron chi connectivity index (χ3n) is 7.72. The number of benzene rings is 1. The molecule has 1 aromatic heterocycles. The van der Waals surface area contributed by atoms with E-state index >= 15 is 0 Å². The largest absolute Gasteiger partial charge is 0.490 e. The first-order valence-electron chi connectivity index (χ1n) is 14.9. The van der Waals surface area contributed by atoms with Gasteiger partial charge in [-0.3, -0.25) is 19.6 Å². The van der Waals surface area contributed by atoms with Crippen LogP contribution in [0.2, 0.25) is 0 Å². The Kier molecular flexibility index (Phi) is 10.8. The molecule has 2 saturated heterocycles. The molecule has 4 heterocycles. The van der Waals surface area contributed by atoms with Gasteiger partial charge in [-0.2, -0.15) is 8.42 Å². The van der Waals surface area contributed by atoms with Crippen molar-refractivity contribution in [3.63, 3.8) is 0 Å². The van der Waals surface area contributed by atoms with Crippen LogP contribution in [-0.2, 0) is 42.4 Å². The van der Waals surface area contributed by atoms with Crippen LogP contribution < -0.4 is 26.8 Å². The maximum absolute atomic E-state index is 13.3. The van der Waals surface area contributed by atoms with Gasteiger partial charge in [0.2, 0.25) is 0 Å². The number of thiazole rings is 1. The zero-order valence-electron chi connectivity index (χ0n) is 25.7. The van der Waals surface area contributed by atoms with Crippen LogP contribution >= 0.6 is 11.3 Å². The van der Waals surface area contributed by atoms with E-state index in [4.69, 9.17) is 31.2 Å². The van der Waals surface area contributed by atoms with Crippen molar-refractivity contribution in [3.8, 4) is 5.75 Å². The molecule has 0 bridgehead atoms. The number of ether oxygens (including phenoxy) is 2. The standard InChI is InChI=1S/C27H36N10O9S2/c28-5-1-6-31-25(29)35-7-4-16-12-18(3-2-17(16)13-35)44-10-11-46-34-21(19-15-47-26(30)32-19)23(38)33-22-20(14-36-8-9-45-27(36)40)37(24(22)39)48(41,42)43/h2-3,12,15,20,22H,1,4-11,13-14,28H2,(H2,29,31)(H2,30,32)(H,33,38)(H,41,42,43)/b34-21-. The van der Waals surface area contributed by atoms with Crippen LogP contribution in [0.4, 0.5) is 9.93 Å². The number of aromatic nitrogens is 1. The number of hydrogen-bond donors (Lipinski definition) is 6. The number of nitrogens with one attached hydrogen (secondary N) is 3. The molecule has 21 heteroatoms. The third kappa shape index (κ3) is 8.03. The molecule has 0 saturated carbocycles. The highest BCUT2D eigenvalue weighted by atomic mass is 32.2. The second-order valence-corrected chi connectivity index (χ2v) is 13.1. The van der Waals surface area contributed by atoms with Crippen molar-refractivity contribution in [1.82, 2.24) is 29.7 Å². The van der Waals surface area contributed by atoms with Crippen LogP contribution in [0, 0.1) is 5.41 Å². The maximum Gasteiger partial charge on any atom is 0.410 e. The molecule has 48 heavy (non-hydrogen) atoms. The second kappa shape index (κ2) is 15.0. The topological polar surface area (TPSA) is 268 Å². The quantitative estimate of drug-likeness (QED) is 0.0333. The number of hydrogen-bond acceptors (Lipinski definition) is 14. The number of anilines is 1. The molecule has 260 valence electrons. The number of nitrogens with two attached hydrogens (primary N) is 2. The van der Waals surface area contributed by atoms with Crippen LogP contribution in [-0.4, -0.2) is 126 Å². The summed E-state index contributed by atoms with van der Waals surface area (Å²) in [6.45, 7) is 2.35. The first-order chi connectivity index (χ1) is 23.0. The smallest absolute Gasteiger partial charge is 0.410 e. The Labute approximate surface area is 279 Å². The predicted molar refractivity (Wildman–Crippen MR) is 172 cm³/mol. The minimum atomic E-state index is -4.98. The van der Waals surface area contributed by atoms with Gasteiger partial charge in [-0.25, -0.2) is 14.1 Å². The number of guanidine groups is 1. The SMILES string of the molecule is N=C(NCCCN)N1CCc2cc(OCCO/N=C(\C(=O)NC3C(=O)N(S(=O)(=O)O)C3CN3CCOC3=O)c3csc(N)n3)ccc2C1. The molecule has 8 N–H and O–H groups in total. The summed E-state index contributed by atoms with van der Waals surface area (Å²) in [7, 11) is -4.98. The van der Waals surface area contributed by atoms with E-state index in [1.165, 1.54) is 5.38 Å². The number of oxime groups is 1. The number of carbonyl (C=O) groups excluding carboxylic acids is 3. The van der Waals surface area contributed by atoms with Crippen molar-refractivity contribution in [2.75, 3.05) is 58.3 Å². The monoisotopic (exact) mass is 708 g/mol. The van der Waals surface area contributed by atoms with Gasteiger partial charge in [0.15, 0.2) is 23.4 Å². The van der Waals surface area contributed by atoms with E-state index in [2.05, 4.69) is 20.8 Å². The van der Waals surface area contributed by atoms with Gasteiger partial charge in [-0.15, -0.1) is 11.3 Å². The van der Waals surface area contributed by atoms with Crippen molar-refractivity contribution in [3.05, 3.63) is 40.4 Å². The van der Waals surface area contributed by atoms with E-state index in [9.17, 15) is 27.4 Å². The molecule has 2 unspecified atom stereocenters. The summed E-state index contributed by atoms with van der Waals surface area (Å²) in [5, 5.41) is 19.2. The molecule has 3 aliphatic heterocycles. The Hall–Kier alpha value is -4.73. The summed E-state index contributed by atoms with van der Waals surface area (Å²) in [5.74, 6) is -1.07. The normalized spacial score (nSPS) is 19.4. The predicted octanol–water partition coefficient (Wildman–Crippen LogP) is -1.29. The molecule has 1 aromatic carbocycles. The highest BCUT2D eigenvalue weighted by Gasteiger charge is 2.55. The molecule has 0 aliphatic carbocycles. The van der Waals surface area contributed by atoms with Gasteiger partial charge in [0, 0.05) is 31.6 Å². The lowest BCUT2D eigenvalue weighted by molar-refractivity contribution is -0.145. The molecule has 5 rings (SSSR count). The van der Waals surface area contributed by atoms with Crippen molar-refractivity contribution >= 4 is 56.4 Å². The summed E-state index contributed by atoms with van der Waals surface area (Å²) in [6.07, 6.45) is 0.797. The Morgan fingerprint density at radius 2 is 2.06 bits per heavy atom. The highest BCUT2D eigenvalue weighted by Crippen LogP contribution is 2.26. The molecule has 0 spiro atoms. The number of amides is 3. The molecule has 3 amide bonds. The van der Waals surface area contributed by atoms with E-state index < -0.39 is 40.3 Å². The van der Waals surface area contributed by atoms with Crippen molar-refractivity contribution in [2.24, 2.45) is 10.9 Å². The van der Waals surface area contributed by atoms with Gasteiger partial charge < -0.3 is 46.2 Å². The number of β-lactam (4-membered cyclic amide) rings is 1. The van der Waals surface area contributed by atoms with Crippen LogP contribution in [0.1, 0.15) is 23.2 Å². The minimum absolute atomic E-state index is 0.0420. The van der Waals surface area contributed by atoms with E-state index in [0.717, 1.165) is 40.2 Å². The zero-order chi connectivity index (χ0) is 34.4. The summed E-state index contributed by atoms with van der Waals surface area (Å²) in [6, 6.07) is 2.97. The third-order valence-corrected chi connectivity index (χ3v) is 9.34. The number of nitrogens with zero attached hydrogens (tertiary/aromatic N) is 5. The van der Waals surface area contributed by atoms with Crippen LogP contribution in [0.25, 0.3) is 0 Å². The van der Waals surface area contributed by atoms with E-state index in [1.807, 2.05) is 23.1 Å². The average molecular weight is 709 g/mol. The molecule has 3 aliphatic rings. The van der Waals surface area contributed by atoms with E-state index in [1.54, 1.807) is 0 Å². The van der Waals surface area contributed by atoms with E-state index in [-0.39, 0.29) is 53.8 Å². The molecule has 2 fully saturated rings. The number of nitrogen functional groups attached to an aromatic ring is 1. The van der Waals surface area contributed by atoms with Gasteiger partial charge >= 0.3 is 16.4 Å².